The normalized spacial score (nSPS) is 24.4. The van der Waals surface area contributed by atoms with Crippen LogP contribution in [0.3, 0.4) is 0 Å². The van der Waals surface area contributed by atoms with Crippen LogP contribution in [0.25, 0.3) is 0 Å². The number of Topliss-reactive ketones (excluding diaryl/α,β-unsaturated/α-hetero) is 1. The van der Waals surface area contributed by atoms with Gasteiger partial charge in [-0.05, 0) is 51.5 Å². The number of nitrogens with two attached hydrogens (primary N) is 1. The Kier molecular flexibility index (Phi) is 9.68. The Hall–Kier alpha value is -3.96. The number of urea groups is 1. The third-order valence-electron chi connectivity index (χ3n) is 11.4. The van der Waals surface area contributed by atoms with Crippen LogP contribution < -0.4 is 21.7 Å². The molecule has 3 fully saturated rings. The molecule has 0 bridgehead atoms. The number of hydrogen-bond donors (Lipinski definition) is 4. The Morgan fingerprint density at radius 1 is 0.857 bits per heavy atom. The van der Waals surface area contributed by atoms with Crippen molar-refractivity contribution in [1.82, 2.24) is 25.8 Å². The van der Waals surface area contributed by atoms with Gasteiger partial charge in [-0.1, -0.05) is 98.9 Å². The van der Waals surface area contributed by atoms with E-state index in [4.69, 9.17) is 5.73 Å². The summed E-state index contributed by atoms with van der Waals surface area (Å²) in [4.78, 5) is 83.8. The van der Waals surface area contributed by atoms with E-state index < -0.39 is 64.5 Å². The van der Waals surface area contributed by atoms with Crippen LogP contribution in [0.4, 0.5) is 4.79 Å². The minimum absolute atomic E-state index is 0.0612. The number of hydrogen-bond acceptors (Lipinski definition) is 6. The van der Waals surface area contributed by atoms with Crippen molar-refractivity contribution in [3.05, 3.63) is 35.4 Å². The zero-order chi connectivity index (χ0) is 36.2. The molecule has 1 unspecified atom stereocenters. The maximum absolute atomic E-state index is 14.4. The van der Waals surface area contributed by atoms with Crippen molar-refractivity contribution in [2.24, 2.45) is 39.7 Å². The number of carbonyl (C=O) groups excluding carboxylic acids is 6. The molecule has 1 aromatic carbocycles. The van der Waals surface area contributed by atoms with Crippen molar-refractivity contribution < 1.29 is 28.8 Å². The highest BCUT2D eigenvalue weighted by molar-refractivity contribution is 6.37. The first-order valence-corrected chi connectivity index (χ1v) is 17.6. The summed E-state index contributed by atoms with van der Waals surface area (Å²) in [5.74, 6) is -2.93. The van der Waals surface area contributed by atoms with E-state index in [-0.39, 0.29) is 29.1 Å². The lowest BCUT2D eigenvalue weighted by molar-refractivity contribution is -0.145. The minimum atomic E-state index is -1.10. The number of benzene rings is 1. The second-order valence-electron chi connectivity index (χ2n) is 17.4. The van der Waals surface area contributed by atoms with Crippen LogP contribution in [0, 0.1) is 34.0 Å². The van der Waals surface area contributed by atoms with E-state index in [1.165, 1.54) is 4.90 Å². The molecule has 0 spiro atoms. The Bertz CT molecular complexity index is 1500. The second-order valence-corrected chi connectivity index (χ2v) is 17.4. The Balaban J connectivity index is 1.32. The molecule has 0 aromatic heterocycles. The van der Waals surface area contributed by atoms with E-state index in [0.717, 1.165) is 30.4 Å². The van der Waals surface area contributed by atoms with E-state index in [1.807, 2.05) is 65.8 Å². The molecular weight excluding hydrogens is 624 g/mol. The first-order chi connectivity index (χ1) is 22.7. The Labute approximate surface area is 289 Å². The maximum atomic E-state index is 14.4. The van der Waals surface area contributed by atoms with Gasteiger partial charge in [0.15, 0.2) is 0 Å². The fraction of sp³-hybridized carbons (Fsp3) is 0.676. The molecule has 2 aliphatic heterocycles. The standard InChI is InChI=1S/C37H54N6O6/c1-35(2,3)28(32(47)42-17-21-14-9-10-15-22(21)18-42)40-34(49)41-29(36(4,5)6)33(48)43-19-23-25(37(23,7)8)26(43)31(46)39-24(27(44)30(38)45)16-20-12-11-13-20/h9-10,14-15,20,23-26,28-29H,11-13,16-19H2,1-8H3,(H2,38,45)(H,39,46)(H2,40,41,49)/t23-,24?,25-,26-,28+,29+/m0/s1. The number of nitrogens with one attached hydrogen (secondary N) is 3. The first kappa shape index (κ1) is 36.3. The van der Waals surface area contributed by atoms with Crippen molar-refractivity contribution in [2.75, 3.05) is 6.54 Å². The number of primary amides is 1. The van der Waals surface area contributed by atoms with Gasteiger partial charge in [0, 0.05) is 19.6 Å². The summed E-state index contributed by atoms with van der Waals surface area (Å²) in [5.41, 5.74) is 5.91. The average Bonchev–Trinajstić information content (AvgIpc) is 3.35. The molecule has 2 aliphatic carbocycles. The van der Waals surface area contributed by atoms with Crippen LogP contribution >= 0.6 is 0 Å². The van der Waals surface area contributed by atoms with Gasteiger partial charge >= 0.3 is 6.03 Å². The smallest absolute Gasteiger partial charge is 0.316 e. The van der Waals surface area contributed by atoms with Gasteiger partial charge in [0.2, 0.25) is 23.5 Å². The predicted octanol–water partition coefficient (Wildman–Crippen LogP) is 2.87. The lowest BCUT2D eigenvalue weighted by Crippen LogP contribution is -2.63. The van der Waals surface area contributed by atoms with Crippen molar-refractivity contribution in [2.45, 2.75) is 118 Å². The summed E-state index contributed by atoms with van der Waals surface area (Å²) in [6.07, 6.45) is 3.19. The summed E-state index contributed by atoms with van der Waals surface area (Å²) in [6.45, 7) is 16.5. The van der Waals surface area contributed by atoms with Gasteiger partial charge in [-0.3, -0.25) is 24.0 Å². The molecule has 5 rings (SSSR count). The summed E-state index contributed by atoms with van der Waals surface area (Å²) >= 11 is 0. The molecule has 2 saturated carbocycles. The quantitative estimate of drug-likeness (QED) is 0.277. The topological polar surface area (TPSA) is 171 Å². The summed E-state index contributed by atoms with van der Waals surface area (Å²) in [7, 11) is 0. The molecule has 12 heteroatoms. The van der Waals surface area contributed by atoms with Crippen LogP contribution in [0.1, 0.15) is 92.2 Å². The number of ketones is 1. The highest BCUT2D eigenvalue weighted by Gasteiger charge is 2.70. The van der Waals surface area contributed by atoms with Gasteiger partial charge in [-0.25, -0.2) is 4.79 Å². The molecule has 2 heterocycles. The number of fused-ring (bicyclic) bond motifs is 2. The van der Waals surface area contributed by atoms with Crippen molar-refractivity contribution in [3.63, 3.8) is 0 Å². The number of carbonyl (C=O) groups is 6. The Morgan fingerprint density at radius 2 is 1.39 bits per heavy atom. The van der Waals surface area contributed by atoms with Crippen LogP contribution in [-0.2, 0) is 37.1 Å². The minimum Gasteiger partial charge on any atom is -0.363 e. The first-order valence-electron chi connectivity index (χ1n) is 17.6. The fourth-order valence-corrected chi connectivity index (χ4v) is 7.97. The third-order valence-corrected chi connectivity index (χ3v) is 11.4. The van der Waals surface area contributed by atoms with Crippen LogP contribution in [0.5, 0.6) is 0 Å². The number of likely N-dealkylation sites (tertiary alicyclic amines) is 1. The van der Waals surface area contributed by atoms with Crippen LogP contribution in [0.2, 0.25) is 0 Å². The molecule has 12 nitrogen and oxygen atoms in total. The zero-order valence-corrected chi connectivity index (χ0v) is 30.2. The highest BCUT2D eigenvalue weighted by atomic mass is 16.2. The molecule has 1 saturated heterocycles. The van der Waals surface area contributed by atoms with Gasteiger partial charge in [-0.15, -0.1) is 0 Å². The second kappa shape index (κ2) is 13.1. The largest absolute Gasteiger partial charge is 0.363 e. The molecule has 6 atom stereocenters. The molecule has 0 radical (unpaired) electrons. The molecule has 4 aliphatic rings. The van der Waals surface area contributed by atoms with Gasteiger partial charge in [-0.2, -0.15) is 0 Å². The average molecular weight is 679 g/mol. The SMILES string of the molecule is CC(C)(C)[C@H](NC(=O)N[C@H](C(=O)N1C[C@H]2[C@@H]([C@H]1C(=O)NC(CC1CCC1)C(=O)C(N)=O)C2(C)C)C(C)(C)C)C(=O)N1Cc2ccccc2C1. The number of nitrogens with zero attached hydrogens (tertiary/aromatic N) is 2. The predicted molar refractivity (Wildman–Crippen MR) is 183 cm³/mol. The highest BCUT2D eigenvalue weighted by Crippen LogP contribution is 2.65. The van der Waals surface area contributed by atoms with Gasteiger partial charge in [0.25, 0.3) is 5.91 Å². The number of amides is 6. The van der Waals surface area contributed by atoms with E-state index in [9.17, 15) is 28.8 Å². The molecule has 268 valence electrons. The van der Waals surface area contributed by atoms with E-state index in [1.54, 1.807) is 4.90 Å². The number of rotatable bonds is 10. The molecule has 1 aromatic rings. The summed E-state index contributed by atoms with van der Waals surface area (Å²) < 4.78 is 0. The summed E-state index contributed by atoms with van der Waals surface area (Å²) in [6, 6.07) is 3.38. The van der Waals surface area contributed by atoms with Crippen molar-refractivity contribution >= 4 is 35.4 Å². The lowest BCUT2D eigenvalue weighted by Gasteiger charge is -2.39. The van der Waals surface area contributed by atoms with Crippen LogP contribution in [0.15, 0.2) is 24.3 Å². The number of piperidine rings is 1. The third kappa shape index (κ3) is 7.33. The van der Waals surface area contributed by atoms with Crippen LogP contribution in [-0.4, -0.2) is 76.0 Å². The van der Waals surface area contributed by atoms with Gasteiger partial charge < -0.3 is 31.5 Å². The van der Waals surface area contributed by atoms with Gasteiger partial charge in [0.1, 0.15) is 18.1 Å². The fourth-order valence-electron chi connectivity index (χ4n) is 7.97. The van der Waals surface area contributed by atoms with Crippen molar-refractivity contribution in [1.29, 1.82) is 0 Å². The van der Waals surface area contributed by atoms with Gasteiger partial charge in [0.05, 0.1) is 6.04 Å². The zero-order valence-electron chi connectivity index (χ0n) is 30.2. The molecule has 5 N–H and O–H groups in total. The molecular formula is C37H54N6O6. The van der Waals surface area contributed by atoms with E-state index in [2.05, 4.69) is 29.8 Å². The lowest BCUT2D eigenvalue weighted by atomic mass is 9.80. The maximum Gasteiger partial charge on any atom is 0.316 e. The molecule has 6 amide bonds. The Morgan fingerprint density at radius 3 is 1.86 bits per heavy atom. The van der Waals surface area contributed by atoms with Crippen molar-refractivity contribution in [3.8, 4) is 0 Å². The molecule has 49 heavy (non-hydrogen) atoms. The van der Waals surface area contributed by atoms with E-state index >= 15 is 0 Å². The monoisotopic (exact) mass is 678 g/mol. The van der Waals surface area contributed by atoms with E-state index in [0.29, 0.717) is 26.1 Å². The summed E-state index contributed by atoms with van der Waals surface area (Å²) in [5, 5.41) is 8.54.